The molecular weight excluding hydrogens is 246 g/mol. The van der Waals surface area contributed by atoms with E-state index in [-0.39, 0.29) is 11.6 Å². The standard InChI is InChI=1S/C14H25NO4/c1-4-15(13(2,3)12(16)17)11-5-7-19-14(9-11)6-8-18-10-14/h11H,4-10H2,1-3H3,(H,16,17). The van der Waals surface area contributed by atoms with E-state index in [1.807, 2.05) is 6.92 Å². The van der Waals surface area contributed by atoms with Crippen LogP contribution in [-0.2, 0) is 14.3 Å². The van der Waals surface area contributed by atoms with Gasteiger partial charge in [0.1, 0.15) is 5.54 Å². The van der Waals surface area contributed by atoms with E-state index < -0.39 is 11.5 Å². The van der Waals surface area contributed by atoms with Crippen molar-refractivity contribution in [2.45, 2.75) is 57.2 Å². The molecule has 1 spiro atoms. The van der Waals surface area contributed by atoms with Gasteiger partial charge in [-0.1, -0.05) is 6.92 Å². The molecule has 19 heavy (non-hydrogen) atoms. The Labute approximate surface area is 114 Å². The summed E-state index contributed by atoms with van der Waals surface area (Å²) in [6, 6.07) is 0.256. The van der Waals surface area contributed by atoms with Crippen LogP contribution in [0.5, 0.6) is 0 Å². The van der Waals surface area contributed by atoms with E-state index in [1.54, 1.807) is 13.8 Å². The molecule has 0 aromatic rings. The van der Waals surface area contributed by atoms with Crippen molar-refractivity contribution < 1.29 is 19.4 Å². The number of carbonyl (C=O) groups is 1. The van der Waals surface area contributed by atoms with Crippen molar-refractivity contribution in [2.24, 2.45) is 0 Å². The molecule has 5 nitrogen and oxygen atoms in total. The van der Waals surface area contributed by atoms with Crippen LogP contribution in [-0.4, -0.2) is 59.5 Å². The maximum Gasteiger partial charge on any atom is 0.323 e. The molecule has 2 atom stereocenters. The van der Waals surface area contributed by atoms with Crippen LogP contribution in [0.25, 0.3) is 0 Å². The lowest BCUT2D eigenvalue weighted by Gasteiger charge is -2.46. The first-order chi connectivity index (χ1) is 8.91. The number of likely N-dealkylation sites (N-methyl/N-ethyl adjacent to an activating group) is 1. The van der Waals surface area contributed by atoms with Crippen molar-refractivity contribution in [1.29, 1.82) is 0 Å². The Balaban J connectivity index is 2.12. The van der Waals surface area contributed by atoms with Gasteiger partial charge in [0.25, 0.3) is 0 Å². The second kappa shape index (κ2) is 5.38. The topological polar surface area (TPSA) is 59.0 Å². The largest absolute Gasteiger partial charge is 0.480 e. The highest BCUT2D eigenvalue weighted by Gasteiger charge is 2.46. The van der Waals surface area contributed by atoms with E-state index in [0.717, 1.165) is 32.4 Å². The van der Waals surface area contributed by atoms with Crippen LogP contribution in [0.15, 0.2) is 0 Å². The first kappa shape index (κ1) is 14.8. The fourth-order valence-electron chi connectivity index (χ4n) is 3.36. The maximum absolute atomic E-state index is 11.5. The first-order valence-electron chi connectivity index (χ1n) is 7.13. The molecule has 2 heterocycles. The Hall–Kier alpha value is -0.650. The molecule has 5 heteroatoms. The van der Waals surface area contributed by atoms with E-state index >= 15 is 0 Å². The molecule has 0 amide bonds. The van der Waals surface area contributed by atoms with Crippen LogP contribution >= 0.6 is 0 Å². The van der Waals surface area contributed by atoms with Crippen molar-refractivity contribution >= 4 is 5.97 Å². The van der Waals surface area contributed by atoms with Crippen molar-refractivity contribution in [3.63, 3.8) is 0 Å². The highest BCUT2D eigenvalue weighted by Crippen LogP contribution is 2.36. The van der Waals surface area contributed by atoms with E-state index in [1.165, 1.54) is 0 Å². The highest BCUT2D eigenvalue weighted by atomic mass is 16.6. The van der Waals surface area contributed by atoms with Gasteiger partial charge in [0.05, 0.1) is 12.2 Å². The number of carboxylic acid groups (broad SMARTS) is 1. The van der Waals surface area contributed by atoms with E-state index in [0.29, 0.717) is 13.2 Å². The summed E-state index contributed by atoms with van der Waals surface area (Å²) in [6.07, 6.45) is 2.69. The third kappa shape index (κ3) is 2.78. The summed E-state index contributed by atoms with van der Waals surface area (Å²) in [7, 11) is 0. The summed E-state index contributed by atoms with van der Waals surface area (Å²) in [5, 5.41) is 9.43. The minimum atomic E-state index is -0.836. The van der Waals surface area contributed by atoms with E-state index in [2.05, 4.69) is 4.90 Å². The van der Waals surface area contributed by atoms with Crippen molar-refractivity contribution in [3.8, 4) is 0 Å². The molecule has 2 aliphatic rings. The highest BCUT2D eigenvalue weighted by molar-refractivity contribution is 5.77. The number of ether oxygens (including phenoxy) is 2. The lowest BCUT2D eigenvalue weighted by atomic mass is 9.86. The van der Waals surface area contributed by atoms with Gasteiger partial charge in [0.15, 0.2) is 0 Å². The second-order valence-electron chi connectivity index (χ2n) is 6.13. The molecule has 0 aromatic carbocycles. The number of hydrogen-bond acceptors (Lipinski definition) is 4. The Morgan fingerprint density at radius 2 is 2.21 bits per heavy atom. The predicted molar refractivity (Wildman–Crippen MR) is 71.2 cm³/mol. The SMILES string of the molecule is CCN(C1CCOC2(CCOC2)C1)C(C)(C)C(=O)O. The number of hydrogen-bond donors (Lipinski definition) is 1. The van der Waals surface area contributed by atoms with Crippen molar-refractivity contribution in [1.82, 2.24) is 4.90 Å². The minimum absolute atomic E-state index is 0.176. The van der Waals surface area contributed by atoms with Crippen LogP contribution in [0.2, 0.25) is 0 Å². The number of rotatable bonds is 4. The molecule has 2 unspecified atom stereocenters. The van der Waals surface area contributed by atoms with Crippen molar-refractivity contribution in [3.05, 3.63) is 0 Å². The number of carboxylic acids is 1. The van der Waals surface area contributed by atoms with Crippen LogP contribution in [0.4, 0.5) is 0 Å². The third-order valence-corrected chi connectivity index (χ3v) is 4.56. The summed E-state index contributed by atoms with van der Waals surface area (Å²) in [6.45, 7) is 8.42. The van der Waals surface area contributed by atoms with Gasteiger partial charge in [-0.25, -0.2) is 0 Å². The van der Waals surface area contributed by atoms with E-state index in [4.69, 9.17) is 9.47 Å². The average Bonchev–Trinajstić information content (AvgIpc) is 2.77. The van der Waals surface area contributed by atoms with Gasteiger partial charge in [-0.3, -0.25) is 9.69 Å². The van der Waals surface area contributed by atoms with Crippen LogP contribution in [0.3, 0.4) is 0 Å². The zero-order valence-corrected chi connectivity index (χ0v) is 12.1. The number of nitrogens with zero attached hydrogens (tertiary/aromatic N) is 1. The van der Waals surface area contributed by atoms with Gasteiger partial charge in [-0.2, -0.15) is 0 Å². The minimum Gasteiger partial charge on any atom is -0.480 e. The Kier molecular flexibility index (Phi) is 4.18. The van der Waals surface area contributed by atoms with Gasteiger partial charge in [-0.15, -0.1) is 0 Å². The van der Waals surface area contributed by atoms with Gasteiger partial charge in [0.2, 0.25) is 0 Å². The smallest absolute Gasteiger partial charge is 0.323 e. The van der Waals surface area contributed by atoms with Gasteiger partial charge in [-0.05, 0) is 33.2 Å². The quantitative estimate of drug-likeness (QED) is 0.840. The summed E-state index contributed by atoms with van der Waals surface area (Å²) in [4.78, 5) is 13.6. The summed E-state index contributed by atoms with van der Waals surface area (Å²) in [5.41, 5.74) is -1.01. The van der Waals surface area contributed by atoms with Crippen LogP contribution < -0.4 is 0 Å². The normalized spacial score (nSPS) is 32.1. The monoisotopic (exact) mass is 271 g/mol. The molecule has 2 saturated heterocycles. The Bertz CT molecular complexity index is 336. The molecule has 0 bridgehead atoms. The van der Waals surface area contributed by atoms with Crippen molar-refractivity contribution in [2.75, 3.05) is 26.4 Å². The molecule has 2 fully saturated rings. The van der Waals surface area contributed by atoms with Crippen LogP contribution in [0.1, 0.15) is 40.0 Å². The lowest BCUT2D eigenvalue weighted by Crippen LogP contribution is -2.58. The lowest BCUT2D eigenvalue weighted by molar-refractivity contribution is -0.157. The fraction of sp³-hybridized carbons (Fsp3) is 0.929. The Morgan fingerprint density at radius 1 is 1.47 bits per heavy atom. The third-order valence-electron chi connectivity index (χ3n) is 4.56. The molecule has 0 saturated carbocycles. The van der Waals surface area contributed by atoms with Crippen LogP contribution in [0, 0.1) is 0 Å². The van der Waals surface area contributed by atoms with Gasteiger partial charge >= 0.3 is 5.97 Å². The summed E-state index contributed by atoms with van der Waals surface area (Å²) < 4.78 is 11.4. The molecule has 1 N–H and O–H groups in total. The maximum atomic E-state index is 11.5. The zero-order chi connectivity index (χ0) is 14.1. The summed E-state index contributed by atoms with van der Waals surface area (Å²) in [5.74, 6) is -0.766. The molecule has 0 radical (unpaired) electrons. The molecule has 0 aromatic heterocycles. The number of aliphatic carboxylic acids is 1. The fourth-order valence-corrected chi connectivity index (χ4v) is 3.36. The molecule has 2 rings (SSSR count). The van der Waals surface area contributed by atoms with Gasteiger partial charge < -0.3 is 14.6 Å². The average molecular weight is 271 g/mol. The summed E-state index contributed by atoms with van der Waals surface area (Å²) >= 11 is 0. The van der Waals surface area contributed by atoms with E-state index in [9.17, 15) is 9.90 Å². The Morgan fingerprint density at radius 3 is 2.74 bits per heavy atom. The van der Waals surface area contributed by atoms with Gasteiger partial charge in [0, 0.05) is 25.7 Å². The molecule has 110 valence electrons. The molecular formula is C14H25NO4. The first-order valence-corrected chi connectivity index (χ1v) is 7.13. The molecule has 2 aliphatic heterocycles. The zero-order valence-electron chi connectivity index (χ0n) is 12.1. The predicted octanol–water partition coefficient (Wildman–Crippen LogP) is 1.51. The molecule has 0 aliphatic carbocycles. The second-order valence-corrected chi connectivity index (χ2v) is 6.13.